The number of anilines is 1. The lowest BCUT2D eigenvalue weighted by atomic mass is 9.62. The van der Waals surface area contributed by atoms with E-state index in [0.29, 0.717) is 23.1 Å². The molecular weight excluding hydrogens is 261 g/mol. The van der Waals surface area contributed by atoms with Gasteiger partial charge < -0.3 is 10.2 Å². The molecule has 4 heterocycles. The van der Waals surface area contributed by atoms with Crippen LogP contribution in [0.3, 0.4) is 0 Å². The molecule has 3 saturated heterocycles. The second kappa shape index (κ2) is 4.99. The van der Waals surface area contributed by atoms with Crippen molar-refractivity contribution in [2.24, 2.45) is 17.8 Å². The van der Waals surface area contributed by atoms with E-state index in [2.05, 4.69) is 15.2 Å². The Hall–Kier alpha value is -1.62. The maximum Gasteiger partial charge on any atom is 0.242 e. The number of rotatable bonds is 2. The van der Waals surface area contributed by atoms with Gasteiger partial charge in [0.15, 0.2) is 0 Å². The predicted molar refractivity (Wildman–Crippen MR) is 81.8 cm³/mol. The third-order valence-corrected chi connectivity index (χ3v) is 5.05. The minimum absolute atomic E-state index is 0.203. The molecule has 2 radical (unpaired) electrons. The molecule has 4 aliphatic rings. The van der Waals surface area contributed by atoms with Crippen molar-refractivity contribution in [3.63, 3.8) is 0 Å². The minimum atomic E-state index is -0.203. The smallest absolute Gasteiger partial charge is 0.242 e. The highest BCUT2D eigenvalue weighted by Crippen LogP contribution is 2.47. The quantitative estimate of drug-likeness (QED) is 0.657. The molecule has 5 rings (SSSR count). The van der Waals surface area contributed by atoms with Gasteiger partial charge in [-0.2, -0.15) is 0 Å². The Labute approximate surface area is 126 Å². The lowest BCUT2D eigenvalue weighted by molar-refractivity contribution is -0.112. The fraction of sp³-hybridized carbons (Fsp3) is 0.500. The summed E-state index contributed by atoms with van der Waals surface area (Å²) in [4.78, 5) is 19.0. The van der Waals surface area contributed by atoms with Crippen molar-refractivity contribution in [3.05, 3.63) is 35.4 Å². The van der Waals surface area contributed by atoms with E-state index >= 15 is 0 Å². The first-order valence-corrected chi connectivity index (χ1v) is 7.65. The number of carbonyl (C=O) groups excluding carboxylic acids is 1. The number of piperidine rings is 3. The standard InChI is InChI=1S/C16H18BN3O/c17-15(16(21)19-13-3-1-2-4-18-13)14-11-5-10-6-12(14)9-20(7-10)8-11/h1-4,10-12H,5-9H2,(H,18,19,21). The van der Waals surface area contributed by atoms with Crippen molar-refractivity contribution in [1.82, 2.24) is 9.88 Å². The summed E-state index contributed by atoms with van der Waals surface area (Å²) in [7, 11) is 6.21. The average molecular weight is 279 g/mol. The van der Waals surface area contributed by atoms with Gasteiger partial charge in [0.05, 0.1) is 0 Å². The zero-order valence-corrected chi connectivity index (χ0v) is 12.0. The molecule has 2 atom stereocenters. The molecule has 4 bridgehead atoms. The maximum absolute atomic E-state index is 12.4. The summed E-state index contributed by atoms with van der Waals surface area (Å²) in [5.41, 5.74) is 1.63. The van der Waals surface area contributed by atoms with Gasteiger partial charge in [-0.1, -0.05) is 11.6 Å². The number of carbonyl (C=O) groups is 1. The van der Waals surface area contributed by atoms with E-state index in [9.17, 15) is 4.79 Å². The van der Waals surface area contributed by atoms with E-state index in [4.69, 9.17) is 7.85 Å². The predicted octanol–water partition coefficient (Wildman–Crippen LogP) is 1.41. The molecule has 106 valence electrons. The number of hydrogen-bond acceptors (Lipinski definition) is 3. The van der Waals surface area contributed by atoms with Crippen molar-refractivity contribution >= 4 is 19.6 Å². The molecule has 0 aromatic carbocycles. The van der Waals surface area contributed by atoms with Crippen molar-refractivity contribution in [2.45, 2.75) is 12.8 Å². The van der Waals surface area contributed by atoms with Crippen LogP contribution in [0.25, 0.3) is 0 Å². The van der Waals surface area contributed by atoms with Gasteiger partial charge in [-0.3, -0.25) is 4.79 Å². The molecule has 5 heteroatoms. The van der Waals surface area contributed by atoms with Crippen LogP contribution in [0, 0.1) is 17.8 Å². The van der Waals surface area contributed by atoms with Crippen molar-refractivity contribution in [1.29, 1.82) is 0 Å². The maximum atomic E-state index is 12.4. The van der Waals surface area contributed by atoms with E-state index in [1.54, 1.807) is 12.3 Å². The Morgan fingerprint density at radius 3 is 2.62 bits per heavy atom. The van der Waals surface area contributed by atoms with Crippen molar-refractivity contribution in [3.8, 4) is 0 Å². The van der Waals surface area contributed by atoms with Gasteiger partial charge in [-0.15, -0.1) is 0 Å². The number of amides is 1. The molecule has 1 saturated carbocycles. The molecule has 2 unspecified atom stereocenters. The van der Waals surface area contributed by atoms with E-state index in [1.807, 2.05) is 12.1 Å². The molecular formula is C16H18BN3O. The van der Waals surface area contributed by atoms with Crippen LogP contribution in [-0.4, -0.2) is 43.3 Å². The van der Waals surface area contributed by atoms with Gasteiger partial charge in [0.1, 0.15) is 13.7 Å². The van der Waals surface area contributed by atoms with Crippen LogP contribution < -0.4 is 5.32 Å². The molecule has 3 aliphatic heterocycles. The molecule has 1 aromatic heterocycles. The number of nitrogens with zero attached hydrogens (tertiary/aromatic N) is 2. The first kappa shape index (κ1) is 13.1. The van der Waals surface area contributed by atoms with Gasteiger partial charge in [0, 0.05) is 25.8 Å². The van der Waals surface area contributed by atoms with Crippen molar-refractivity contribution < 1.29 is 4.79 Å². The highest BCUT2D eigenvalue weighted by atomic mass is 16.1. The third-order valence-electron chi connectivity index (χ3n) is 5.05. The van der Waals surface area contributed by atoms with E-state index in [1.165, 1.54) is 25.0 Å². The molecule has 21 heavy (non-hydrogen) atoms. The monoisotopic (exact) mass is 279 g/mol. The molecule has 0 spiro atoms. The minimum Gasteiger partial charge on any atom is -0.308 e. The van der Waals surface area contributed by atoms with Crippen LogP contribution in [0.15, 0.2) is 35.4 Å². The van der Waals surface area contributed by atoms with Crippen LogP contribution in [-0.2, 0) is 4.79 Å². The first-order chi connectivity index (χ1) is 10.2. The average Bonchev–Trinajstić information content (AvgIpc) is 2.47. The normalized spacial score (nSPS) is 33.0. The molecule has 1 aliphatic carbocycles. The summed E-state index contributed by atoms with van der Waals surface area (Å²) in [6.07, 6.45) is 4.05. The second-order valence-corrected chi connectivity index (χ2v) is 6.49. The number of pyridine rings is 1. The first-order valence-electron chi connectivity index (χ1n) is 7.65. The van der Waals surface area contributed by atoms with E-state index in [0.717, 1.165) is 19.0 Å². The van der Waals surface area contributed by atoms with Crippen LogP contribution in [0.5, 0.6) is 0 Å². The Balaban J connectivity index is 1.58. The highest BCUT2D eigenvalue weighted by Gasteiger charge is 2.45. The molecule has 4 fully saturated rings. The summed E-state index contributed by atoms with van der Waals surface area (Å²) in [5.74, 6) is 2.11. The lowest BCUT2D eigenvalue weighted by Crippen LogP contribution is -2.55. The SMILES string of the molecule is [B]C(C(=O)Nc1ccccn1)=C1C2CC3CC1CN(C3)C2. The lowest BCUT2D eigenvalue weighted by Gasteiger charge is -2.53. The van der Waals surface area contributed by atoms with Crippen LogP contribution in [0.1, 0.15) is 12.8 Å². The summed E-state index contributed by atoms with van der Waals surface area (Å²) < 4.78 is 0. The summed E-state index contributed by atoms with van der Waals surface area (Å²) in [6, 6.07) is 5.45. The van der Waals surface area contributed by atoms with Gasteiger partial charge >= 0.3 is 0 Å². The number of aromatic nitrogens is 1. The van der Waals surface area contributed by atoms with Gasteiger partial charge in [-0.25, -0.2) is 4.98 Å². The fourth-order valence-corrected chi connectivity index (χ4v) is 4.39. The summed E-state index contributed by atoms with van der Waals surface area (Å²) in [5, 5.41) is 2.80. The fourth-order valence-electron chi connectivity index (χ4n) is 4.39. The van der Waals surface area contributed by atoms with Gasteiger partial charge in [0.25, 0.3) is 0 Å². The van der Waals surface area contributed by atoms with E-state index in [-0.39, 0.29) is 5.91 Å². The Morgan fingerprint density at radius 1 is 1.24 bits per heavy atom. The van der Waals surface area contributed by atoms with Gasteiger partial charge in [-0.05, 0) is 48.2 Å². The largest absolute Gasteiger partial charge is 0.308 e. The topological polar surface area (TPSA) is 45.2 Å². The van der Waals surface area contributed by atoms with Gasteiger partial charge in [0.2, 0.25) is 5.91 Å². The number of nitrogens with one attached hydrogen (secondary N) is 1. The molecule has 4 nitrogen and oxygen atoms in total. The van der Waals surface area contributed by atoms with Crippen LogP contribution in [0.4, 0.5) is 5.82 Å². The molecule has 1 aromatic rings. The van der Waals surface area contributed by atoms with Crippen molar-refractivity contribution in [2.75, 3.05) is 25.0 Å². The Bertz CT molecular complexity index is 569. The second-order valence-electron chi connectivity index (χ2n) is 6.49. The van der Waals surface area contributed by atoms with E-state index < -0.39 is 0 Å². The summed E-state index contributed by atoms with van der Waals surface area (Å²) in [6.45, 7) is 3.38. The Kier molecular flexibility index (Phi) is 3.10. The third kappa shape index (κ3) is 2.29. The highest BCUT2D eigenvalue weighted by molar-refractivity contribution is 6.38. The Morgan fingerprint density at radius 2 is 2.00 bits per heavy atom. The van der Waals surface area contributed by atoms with Crippen LogP contribution in [0.2, 0.25) is 0 Å². The summed E-state index contributed by atoms with van der Waals surface area (Å²) >= 11 is 0. The zero-order chi connectivity index (χ0) is 14.4. The number of hydrogen-bond donors (Lipinski definition) is 1. The molecule has 1 amide bonds. The van der Waals surface area contributed by atoms with Crippen LogP contribution >= 0.6 is 0 Å². The zero-order valence-electron chi connectivity index (χ0n) is 12.0. The molecule has 1 N–H and O–H groups in total.